The summed E-state index contributed by atoms with van der Waals surface area (Å²) in [5.74, 6) is 4.02. The lowest BCUT2D eigenvalue weighted by Crippen LogP contribution is -2.52. The van der Waals surface area contributed by atoms with Crippen molar-refractivity contribution in [3.63, 3.8) is 0 Å². The van der Waals surface area contributed by atoms with Crippen LogP contribution >= 0.6 is 0 Å². The summed E-state index contributed by atoms with van der Waals surface area (Å²) in [4.78, 5) is 17.9. The summed E-state index contributed by atoms with van der Waals surface area (Å²) in [6.07, 6.45) is 14.3. The third-order valence-corrected chi connectivity index (χ3v) is 10.2. The molecule has 0 radical (unpaired) electrons. The van der Waals surface area contributed by atoms with Gasteiger partial charge in [0.05, 0.1) is 17.8 Å². The molecule has 3 aromatic rings. The lowest BCUT2D eigenvalue weighted by molar-refractivity contribution is 0.107. The maximum atomic E-state index is 6.56. The summed E-state index contributed by atoms with van der Waals surface area (Å²) in [5.41, 5.74) is 4.70. The van der Waals surface area contributed by atoms with E-state index in [1.165, 1.54) is 68.3 Å². The molecule has 2 bridgehead atoms. The lowest BCUT2D eigenvalue weighted by Gasteiger charge is -2.38. The third-order valence-electron chi connectivity index (χ3n) is 10.2. The second kappa shape index (κ2) is 9.64. The number of nitrogens with zero attached hydrogens (tertiary/aromatic N) is 5. The first-order chi connectivity index (χ1) is 19.7. The molecular formula is C33H38N6O. The molecule has 0 spiro atoms. The molecule has 4 fully saturated rings. The van der Waals surface area contributed by atoms with Gasteiger partial charge in [0, 0.05) is 53.9 Å². The fourth-order valence-electron chi connectivity index (χ4n) is 8.25. The van der Waals surface area contributed by atoms with E-state index >= 15 is 0 Å². The van der Waals surface area contributed by atoms with Crippen molar-refractivity contribution in [1.82, 2.24) is 20.2 Å². The summed E-state index contributed by atoms with van der Waals surface area (Å²) < 4.78 is 6.56. The first-order valence-corrected chi connectivity index (χ1v) is 15.2. The van der Waals surface area contributed by atoms with Crippen molar-refractivity contribution in [1.29, 1.82) is 0 Å². The van der Waals surface area contributed by atoms with E-state index in [0.717, 1.165) is 55.1 Å². The first kappa shape index (κ1) is 24.5. The van der Waals surface area contributed by atoms with Crippen LogP contribution in [0.25, 0.3) is 10.8 Å². The van der Waals surface area contributed by atoms with Crippen LogP contribution in [0.2, 0.25) is 0 Å². The van der Waals surface area contributed by atoms with Crippen molar-refractivity contribution in [3.8, 4) is 18.4 Å². The Morgan fingerprint density at radius 1 is 0.975 bits per heavy atom. The van der Waals surface area contributed by atoms with Crippen molar-refractivity contribution < 1.29 is 4.74 Å². The molecule has 0 saturated carbocycles. The van der Waals surface area contributed by atoms with Gasteiger partial charge >= 0.3 is 6.01 Å². The van der Waals surface area contributed by atoms with Crippen LogP contribution in [0.5, 0.6) is 6.01 Å². The SMILES string of the molecule is C#Cc1cccc2cccc(N3CCc4c(nc(OCC56CCCN5CCC6)nc4N4CC5CCC(C4)N5)C3)c12. The van der Waals surface area contributed by atoms with Gasteiger partial charge in [-0.2, -0.15) is 9.97 Å². The zero-order valence-electron chi connectivity index (χ0n) is 23.2. The summed E-state index contributed by atoms with van der Waals surface area (Å²) >= 11 is 0. The molecule has 7 heteroatoms. The molecular weight excluding hydrogens is 496 g/mol. The minimum atomic E-state index is 0.175. The second-order valence-corrected chi connectivity index (χ2v) is 12.5. The Balaban J connectivity index is 1.15. The predicted molar refractivity (Wildman–Crippen MR) is 159 cm³/mol. The van der Waals surface area contributed by atoms with Crippen LogP contribution in [0.3, 0.4) is 0 Å². The monoisotopic (exact) mass is 534 g/mol. The zero-order valence-corrected chi connectivity index (χ0v) is 23.2. The normalized spacial score (nSPS) is 25.2. The predicted octanol–water partition coefficient (Wildman–Crippen LogP) is 4.12. The maximum absolute atomic E-state index is 6.56. The van der Waals surface area contributed by atoms with Gasteiger partial charge in [-0.1, -0.05) is 30.2 Å². The molecule has 2 unspecified atom stereocenters. The minimum absolute atomic E-state index is 0.175. The fraction of sp³-hybridized carbons (Fsp3) is 0.515. The number of benzene rings is 2. The number of ether oxygens (including phenoxy) is 1. The van der Waals surface area contributed by atoms with Gasteiger partial charge in [-0.25, -0.2) is 0 Å². The molecule has 40 heavy (non-hydrogen) atoms. The standard InChI is InChI=1S/C33H38N6O/c1-2-23-7-3-8-24-9-4-10-29(30(23)24)37-18-13-27-28(21-37)35-32(40-22-33-14-5-16-39(33)17-6-15-33)36-31(27)38-19-25-11-12-26(20-38)34-25/h1,3-4,7-10,25-26,34H,5-6,11-22H2. The Morgan fingerprint density at radius 2 is 1.75 bits per heavy atom. The van der Waals surface area contributed by atoms with E-state index in [1.54, 1.807) is 0 Å². The van der Waals surface area contributed by atoms with Crippen molar-refractivity contribution in [3.05, 3.63) is 53.2 Å². The van der Waals surface area contributed by atoms with Crippen LogP contribution in [0.15, 0.2) is 36.4 Å². The molecule has 6 heterocycles. The van der Waals surface area contributed by atoms with Crippen molar-refractivity contribution in [2.75, 3.05) is 49.1 Å². The van der Waals surface area contributed by atoms with E-state index in [-0.39, 0.29) is 5.54 Å². The van der Waals surface area contributed by atoms with Gasteiger partial charge in [-0.15, -0.1) is 6.42 Å². The van der Waals surface area contributed by atoms with Gasteiger partial charge in [0.25, 0.3) is 0 Å². The van der Waals surface area contributed by atoms with Gasteiger partial charge in [0.2, 0.25) is 0 Å². The average molecular weight is 535 g/mol. The molecule has 2 atom stereocenters. The van der Waals surface area contributed by atoms with Crippen LogP contribution in [0.1, 0.15) is 55.3 Å². The largest absolute Gasteiger partial charge is 0.461 e. The summed E-state index contributed by atoms with van der Waals surface area (Å²) in [6.45, 7) is 6.75. The van der Waals surface area contributed by atoms with Crippen LogP contribution in [0, 0.1) is 12.3 Å². The topological polar surface area (TPSA) is 56.8 Å². The Kier molecular flexibility index (Phi) is 5.89. The molecule has 206 valence electrons. The molecule has 8 rings (SSSR count). The molecule has 1 N–H and O–H groups in total. The van der Waals surface area contributed by atoms with E-state index in [0.29, 0.717) is 24.7 Å². The Bertz CT molecular complexity index is 1470. The van der Waals surface area contributed by atoms with Crippen LogP contribution < -0.4 is 19.9 Å². The smallest absolute Gasteiger partial charge is 0.318 e. The minimum Gasteiger partial charge on any atom is -0.461 e. The maximum Gasteiger partial charge on any atom is 0.318 e. The summed E-state index contributed by atoms with van der Waals surface area (Å²) in [6, 6.07) is 14.4. The number of nitrogens with one attached hydrogen (secondary N) is 1. The zero-order chi connectivity index (χ0) is 26.7. The van der Waals surface area contributed by atoms with Crippen LogP contribution in [-0.4, -0.2) is 71.8 Å². The number of hydrogen-bond donors (Lipinski definition) is 1. The van der Waals surface area contributed by atoms with E-state index in [1.807, 2.05) is 12.1 Å². The van der Waals surface area contributed by atoms with E-state index < -0.39 is 0 Å². The number of anilines is 2. The van der Waals surface area contributed by atoms with Crippen molar-refractivity contribution in [2.24, 2.45) is 0 Å². The van der Waals surface area contributed by atoms with Gasteiger partial charge in [0.1, 0.15) is 12.4 Å². The number of piperazine rings is 1. The van der Waals surface area contributed by atoms with Gasteiger partial charge < -0.3 is 19.9 Å². The molecule has 5 aliphatic heterocycles. The Hall–Kier alpha value is -3.34. The van der Waals surface area contributed by atoms with E-state index in [2.05, 4.69) is 50.2 Å². The van der Waals surface area contributed by atoms with Gasteiger partial charge in [-0.05, 0) is 75.6 Å². The van der Waals surface area contributed by atoms with Gasteiger partial charge in [-0.3, -0.25) is 4.90 Å². The number of aromatic nitrogens is 2. The highest BCUT2D eigenvalue weighted by Gasteiger charge is 2.45. The van der Waals surface area contributed by atoms with Crippen molar-refractivity contribution >= 4 is 22.3 Å². The summed E-state index contributed by atoms with van der Waals surface area (Å²) in [7, 11) is 0. The van der Waals surface area contributed by atoms with Gasteiger partial charge in [0.15, 0.2) is 0 Å². The highest BCUT2D eigenvalue weighted by molar-refractivity contribution is 5.98. The number of terminal acetylenes is 1. The third kappa shape index (κ3) is 4.03. The Morgan fingerprint density at radius 3 is 2.52 bits per heavy atom. The lowest BCUT2D eigenvalue weighted by atomic mass is 9.95. The molecule has 5 aliphatic rings. The van der Waals surface area contributed by atoms with Crippen molar-refractivity contribution in [2.45, 2.75) is 69.1 Å². The fourth-order valence-corrected chi connectivity index (χ4v) is 8.25. The van der Waals surface area contributed by atoms with E-state index in [9.17, 15) is 0 Å². The molecule has 4 saturated heterocycles. The molecule has 0 amide bonds. The quantitative estimate of drug-likeness (QED) is 0.494. The first-order valence-electron chi connectivity index (χ1n) is 15.2. The summed E-state index contributed by atoms with van der Waals surface area (Å²) in [5, 5.41) is 6.12. The highest BCUT2D eigenvalue weighted by atomic mass is 16.5. The number of hydrogen-bond acceptors (Lipinski definition) is 7. The number of rotatable bonds is 5. The second-order valence-electron chi connectivity index (χ2n) is 12.5. The van der Waals surface area contributed by atoms with Crippen LogP contribution in [-0.2, 0) is 13.0 Å². The molecule has 0 aliphatic carbocycles. The van der Waals surface area contributed by atoms with Crippen LogP contribution in [0.4, 0.5) is 11.5 Å². The Labute approximate surface area is 236 Å². The average Bonchev–Trinajstić information content (AvgIpc) is 3.68. The molecule has 1 aromatic heterocycles. The molecule has 7 nitrogen and oxygen atoms in total. The van der Waals surface area contributed by atoms with E-state index in [4.69, 9.17) is 21.1 Å². The highest BCUT2D eigenvalue weighted by Crippen LogP contribution is 2.40. The number of fused-ring (bicyclic) bond motifs is 5. The molecule has 2 aromatic carbocycles.